The van der Waals surface area contributed by atoms with Gasteiger partial charge in [-0.05, 0) is 20.0 Å². The minimum Gasteiger partial charge on any atom is -0.383 e. The second-order valence-corrected chi connectivity index (χ2v) is 4.81. The van der Waals surface area contributed by atoms with Crippen molar-refractivity contribution in [2.75, 3.05) is 47.4 Å². The molecule has 3 unspecified atom stereocenters. The predicted octanol–water partition coefficient (Wildman–Crippen LogP) is -0.158. The summed E-state index contributed by atoms with van der Waals surface area (Å²) in [6.07, 6.45) is 0. The molecule has 4 heteroatoms. The summed E-state index contributed by atoms with van der Waals surface area (Å²) < 4.78 is 5.20. The number of hydrogen-bond acceptors (Lipinski definition) is 4. The van der Waals surface area contributed by atoms with Crippen molar-refractivity contribution in [3.63, 3.8) is 0 Å². The van der Waals surface area contributed by atoms with Crippen molar-refractivity contribution in [3.05, 3.63) is 0 Å². The molecule has 1 aliphatic heterocycles. The lowest BCUT2D eigenvalue weighted by Crippen LogP contribution is -2.43. The van der Waals surface area contributed by atoms with Gasteiger partial charge in [0.05, 0.1) is 6.61 Å². The predicted molar refractivity (Wildman–Crippen MR) is 62.9 cm³/mol. The van der Waals surface area contributed by atoms with Crippen LogP contribution in [0.4, 0.5) is 0 Å². The lowest BCUT2D eigenvalue weighted by molar-refractivity contribution is 0.104. The zero-order valence-corrected chi connectivity index (χ0v) is 10.4. The molecule has 0 aromatic rings. The van der Waals surface area contributed by atoms with Crippen LogP contribution in [0.25, 0.3) is 0 Å². The number of nitrogens with two attached hydrogens (primary N) is 1. The third-order valence-electron chi connectivity index (χ3n) is 3.41. The maximum atomic E-state index is 5.77. The molecule has 4 nitrogen and oxygen atoms in total. The van der Waals surface area contributed by atoms with E-state index in [4.69, 9.17) is 10.5 Å². The Morgan fingerprint density at radius 1 is 1.47 bits per heavy atom. The van der Waals surface area contributed by atoms with Gasteiger partial charge in [0.1, 0.15) is 0 Å². The average molecular weight is 215 g/mol. The van der Waals surface area contributed by atoms with Gasteiger partial charge in [0, 0.05) is 38.8 Å². The molecule has 2 N–H and O–H groups in total. The highest BCUT2D eigenvalue weighted by Crippen LogP contribution is 2.21. The van der Waals surface area contributed by atoms with Gasteiger partial charge >= 0.3 is 0 Å². The van der Waals surface area contributed by atoms with Crippen LogP contribution in [0.3, 0.4) is 0 Å². The molecule has 0 amide bonds. The number of methoxy groups -OCH3 is 1. The van der Waals surface area contributed by atoms with Gasteiger partial charge < -0.3 is 15.4 Å². The smallest absolute Gasteiger partial charge is 0.0630 e. The van der Waals surface area contributed by atoms with E-state index in [1.807, 2.05) is 0 Å². The van der Waals surface area contributed by atoms with Gasteiger partial charge in [-0.1, -0.05) is 6.92 Å². The van der Waals surface area contributed by atoms with E-state index in [1.165, 1.54) is 0 Å². The van der Waals surface area contributed by atoms with Crippen LogP contribution >= 0.6 is 0 Å². The van der Waals surface area contributed by atoms with E-state index < -0.39 is 0 Å². The number of nitrogens with zero attached hydrogens (tertiary/aromatic N) is 2. The zero-order chi connectivity index (χ0) is 11.4. The van der Waals surface area contributed by atoms with Crippen LogP contribution in [0.2, 0.25) is 0 Å². The lowest BCUT2D eigenvalue weighted by Gasteiger charge is -2.27. The Kier molecular flexibility index (Phi) is 4.99. The molecule has 0 aliphatic carbocycles. The summed E-state index contributed by atoms with van der Waals surface area (Å²) >= 11 is 0. The van der Waals surface area contributed by atoms with Crippen molar-refractivity contribution in [1.29, 1.82) is 0 Å². The van der Waals surface area contributed by atoms with E-state index >= 15 is 0 Å². The summed E-state index contributed by atoms with van der Waals surface area (Å²) in [4.78, 5) is 4.77. The molecule has 1 rings (SSSR count). The normalized spacial score (nSPS) is 30.0. The fourth-order valence-electron chi connectivity index (χ4n) is 2.47. The molecule has 0 aromatic carbocycles. The summed E-state index contributed by atoms with van der Waals surface area (Å²) in [7, 11) is 6.04. The molecule has 1 aliphatic rings. The molecule has 90 valence electrons. The van der Waals surface area contributed by atoms with Crippen LogP contribution in [-0.4, -0.2) is 69.3 Å². The van der Waals surface area contributed by atoms with E-state index in [-0.39, 0.29) is 0 Å². The Bertz CT molecular complexity index is 187. The largest absolute Gasteiger partial charge is 0.383 e. The van der Waals surface area contributed by atoms with E-state index in [0.29, 0.717) is 24.5 Å². The van der Waals surface area contributed by atoms with Gasteiger partial charge in [-0.25, -0.2) is 0 Å². The zero-order valence-electron chi connectivity index (χ0n) is 10.4. The quantitative estimate of drug-likeness (QED) is 0.692. The lowest BCUT2D eigenvalue weighted by atomic mass is 10.1. The standard InChI is InChI=1S/C11H25N3O/c1-9-6-14(7-11(9)13(2)3)10(5-12)8-15-4/h9-11H,5-8,12H2,1-4H3. The molecule has 1 heterocycles. The average Bonchev–Trinajstić information content (AvgIpc) is 2.56. The minimum absolute atomic E-state index is 0.377. The van der Waals surface area contributed by atoms with Gasteiger partial charge in [0.15, 0.2) is 0 Å². The van der Waals surface area contributed by atoms with Gasteiger partial charge in [0.2, 0.25) is 0 Å². The van der Waals surface area contributed by atoms with Crippen LogP contribution in [0.15, 0.2) is 0 Å². The molecule has 0 aromatic heterocycles. The number of rotatable bonds is 5. The van der Waals surface area contributed by atoms with Crippen molar-refractivity contribution >= 4 is 0 Å². The molecular weight excluding hydrogens is 190 g/mol. The molecule has 0 spiro atoms. The first-order chi connectivity index (χ1) is 7.10. The van der Waals surface area contributed by atoms with E-state index in [9.17, 15) is 0 Å². The fourth-order valence-corrected chi connectivity index (χ4v) is 2.47. The molecule has 1 fully saturated rings. The first-order valence-electron chi connectivity index (χ1n) is 5.69. The van der Waals surface area contributed by atoms with Crippen molar-refractivity contribution in [1.82, 2.24) is 9.80 Å². The molecule has 1 saturated heterocycles. The summed E-state index contributed by atoms with van der Waals surface area (Å²) in [5, 5.41) is 0. The highest BCUT2D eigenvalue weighted by atomic mass is 16.5. The van der Waals surface area contributed by atoms with Crippen LogP contribution in [0.5, 0.6) is 0 Å². The van der Waals surface area contributed by atoms with Crippen LogP contribution in [0.1, 0.15) is 6.92 Å². The number of ether oxygens (including phenoxy) is 1. The fraction of sp³-hybridized carbons (Fsp3) is 1.00. The Balaban J connectivity index is 2.52. The number of likely N-dealkylation sites (N-methyl/N-ethyl adjacent to an activating group) is 1. The van der Waals surface area contributed by atoms with Gasteiger partial charge in [-0.2, -0.15) is 0 Å². The summed E-state index contributed by atoms with van der Waals surface area (Å²) in [5.74, 6) is 0.714. The van der Waals surface area contributed by atoms with Crippen LogP contribution in [-0.2, 0) is 4.74 Å². The van der Waals surface area contributed by atoms with Gasteiger partial charge in [-0.3, -0.25) is 4.90 Å². The highest BCUT2D eigenvalue weighted by Gasteiger charge is 2.34. The van der Waals surface area contributed by atoms with Crippen LogP contribution < -0.4 is 5.73 Å². The van der Waals surface area contributed by atoms with Crippen molar-refractivity contribution in [2.45, 2.75) is 19.0 Å². The third kappa shape index (κ3) is 3.14. The first-order valence-corrected chi connectivity index (χ1v) is 5.69. The van der Waals surface area contributed by atoms with Crippen LogP contribution in [0, 0.1) is 5.92 Å². The van der Waals surface area contributed by atoms with E-state index in [1.54, 1.807) is 7.11 Å². The Hall–Kier alpha value is -0.160. The monoisotopic (exact) mass is 215 g/mol. The maximum absolute atomic E-state index is 5.77. The van der Waals surface area contributed by atoms with Gasteiger partial charge in [-0.15, -0.1) is 0 Å². The van der Waals surface area contributed by atoms with Gasteiger partial charge in [0.25, 0.3) is 0 Å². The van der Waals surface area contributed by atoms with E-state index in [0.717, 1.165) is 19.7 Å². The Labute approximate surface area is 93.4 Å². The van der Waals surface area contributed by atoms with Crippen molar-refractivity contribution in [3.8, 4) is 0 Å². The Morgan fingerprint density at radius 2 is 2.13 bits per heavy atom. The molecule has 0 radical (unpaired) electrons. The SMILES string of the molecule is COCC(CN)N1CC(C)C(N(C)C)C1. The van der Waals surface area contributed by atoms with E-state index in [2.05, 4.69) is 30.8 Å². The molecule has 3 atom stereocenters. The minimum atomic E-state index is 0.377. The number of hydrogen-bond donors (Lipinski definition) is 1. The molecular formula is C11H25N3O. The highest BCUT2D eigenvalue weighted by molar-refractivity contribution is 4.90. The van der Waals surface area contributed by atoms with Crippen molar-refractivity contribution < 1.29 is 4.74 Å². The second-order valence-electron chi connectivity index (χ2n) is 4.81. The topological polar surface area (TPSA) is 41.7 Å². The first kappa shape index (κ1) is 12.9. The maximum Gasteiger partial charge on any atom is 0.0630 e. The molecule has 15 heavy (non-hydrogen) atoms. The summed E-state index contributed by atoms with van der Waals surface area (Å²) in [6.45, 7) is 5.97. The van der Waals surface area contributed by atoms with Crippen molar-refractivity contribution in [2.24, 2.45) is 11.7 Å². The molecule has 0 bridgehead atoms. The third-order valence-corrected chi connectivity index (χ3v) is 3.41. The second kappa shape index (κ2) is 5.80. The number of likely N-dealkylation sites (tertiary alicyclic amines) is 1. The summed E-state index contributed by atoms with van der Waals surface area (Å²) in [6, 6.07) is 1.03. The molecule has 0 saturated carbocycles. The summed E-state index contributed by atoms with van der Waals surface area (Å²) in [5.41, 5.74) is 5.77. The Morgan fingerprint density at radius 3 is 2.53 bits per heavy atom.